The Balaban J connectivity index is 4.30. The Kier molecular flexibility index (Phi) is 9.14. The normalized spacial score (nSPS) is 11.5. The topological polar surface area (TPSA) is 55.1 Å². The van der Waals surface area contributed by atoms with Crippen molar-refractivity contribution in [1.82, 2.24) is 5.32 Å². The van der Waals surface area contributed by atoms with Crippen molar-refractivity contribution in [3.8, 4) is 0 Å². The van der Waals surface area contributed by atoms with Gasteiger partial charge in [-0.25, -0.2) is 0 Å². The molecule has 3 nitrogen and oxygen atoms in total. The molecule has 3 N–H and O–H groups in total. The van der Waals surface area contributed by atoms with Crippen LogP contribution in [0.5, 0.6) is 0 Å². The predicted octanol–water partition coefficient (Wildman–Crippen LogP) is 2.84. The van der Waals surface area contributed by atoms with E-state index in [1.165, 1.54) is 12.8 Å². The van der Waals surface area contributed by atoms with Crippen molar-refractivity contribution in [1.29, 1.82) is 0 Å². The van der Waals surface area contributed by atoms with Gasteiger partial charge < -0.3 is 11.1 Å². The van der Waals surface area contributed by atoms with Gasteiger partial charge in [0.2, 0.25) is 5.91 Å². The van der Waals surface area contributed by atoms with Crippen molar-refractivity contribution in [2.75, 3.05) is 13.1 Å². The Morgan fingerprint density at radius 1 is 1.06 bits per heavy atom. The first-order valence-corrected chi connectivity index (χ1v) is 7.15. The maximum absolute atomic E-state index is 12.2. The molecule has 0 aromatic heterocycles. The van der Waals surface area contributed by atoms with E-state index in [0.717, 1.165) is 38.6 Å². The molecule has 0 aromatic rings. The van der Waals surface area contributed by atoms with E-state index in [4.69, 9.17) is 5.73 Å². The summed E-state index contributed by atoms with van der Waals surface area (Å²) in [6.45, 7) is 7.66. The number of unbranched alkanes of at least 4 members (excludes halogenated alkanes) is 2. The summed E-state index contributed by atoms with van der Waals surface area (Å²) in [5, 5.41) is 3.06. The van der Waals surface area contributed by atoms with Crippen molar-refractivity contribution >= 4 is 5.91 Å². The van der Waals surface area contributed by atoms with E-state index in [1.807, 2.05) is 0 Å². The van der Waals surface area contributed by atoms with Crippen molar-refractivity contribution in [3.05, 3.63) is 0 Å². The van der Waals surface area contributed by atoms with E-state index < -0.39 is 0 Å². The summed E-state index contributed by atoms with van der Waals surface area (Å²) >= 11 is 0. The van der Waals surface area contributed by atoms with Crippen LogP contribution in [0.4, 0.5) is 0 Å². The van der Waals surface area contributed by atoms with Gasteiger partial charge >= 0.3 is 0 Å². The molecule has 102 valence electrons. The Morgan fingerprint density at radius 2 is 1.65 bits per heavy atom. The van der Waals surface area contributed by atoms with Gasteiger partial charge in [-0.05, 0) is 19.3 Å². The van der Waals surface area contributed by atoms with Crippen molar-refractivity contribution < 1.29 is 4.79 Å². The Labute approximate surface area is 107 Å². The molecule has 0 heterocycles. The minimum Gasteiger partial charge on any atom is -0.356 e. The highest BCUT2D eigenvalue weighted by Gasteiger charge is 2.34. The number of carbonyl (C=O) groups is 1. The van der Waals surface area contributed by atoms with Crippen LogP contribution in [0.15, 0.2) is 0 Å². The van der Waals surface area contributed by atoms with E-state index in [-0.39, 0.29) is 11.3 Å². The second-order valence-electron chi connectivity index (χ2n) is 4.95. The lowest BCUT2D eigenvalue weighted by molar-refractivity contribution is -0.131. The highest BCUT2D eigenvalue weighted by Crippen LogP contribution is 2.28. The van der Waals surface area contributed by atoms with Gasteiger partial charge in [0.05, 0.1) is 5.41 Å². The number of hydrogen-bond acceptors (Lipinski definition) is 2. The van der Waals surface area contributed by atoms with Gasteiger partial charge in [0, 0.05) is 13.1 Å². The molecular weight excluding hydrogens is 212 g/mol. The molecule has 0 spiro atoms. The van der Waals surface area contributed by atoms with Crippen molar-refractivity contribution in [2.45, 2.75) is 65.7 Å². The molecule has 17 heavy (non-hydrogen) atoms. The third-order valence-electron chi connectivity index (χ3n) is 3.40. The summed E-state index contributed by atoms with van der Waals surface area (Å²) in [6, 6.07) is 0. The van der Waals surface area contributed by atoms with Gasteiger partial charge in [-0.15, -0.1) is 0 Å². The van der Waals surface area contributed by atoms with Gasteiger partial charge in [0.1, 0.15) is 0 Å². The van der Waals surface area contributed by atoms with Gasteiger partial charge in [0.25, 0.3) is 0 Å². The fraction of sp³-hybridized carbons (Fsp3) is 0.929. The predicted molar refractivity (Wildman–Crippen MR) is 73.8 cm³/mol. The lowest BCUT2D eigenvalue weighted by Crippen LogP contribution is -2.46. The van der Waals surface area contributed by atoms with E-state index in [9.17, 15) is 4.79 Å². The highest BCUT2D eigenvalue weighted by atomic mass is 16.2. The van der Waals surface area contributed by atoms with Crippen LogP contribution in [0, 0.1) is 5.41 Å². The molecule has 3 heteroatoms. The minimum atomic E-state index is -0.324. The van der Waals surface area contributed by atoms with E-state index in [2.05, 4.69) is 26.1 Å². The summed E-state index contributed by atoms with van der Waals surface area (Å²) in [4.78, 5) is 12.2. The van der Waals surface area contributed by atoms with Crippen LogP contribution >= 0.6 is 0 Å². The molecule has 0 saturated heterocycles. The molecule has 0 atom stereocenters. The molecule has 0 saturated carbocycles. The number of nitrogens with two attached hydrogens (primary N) is 1. The Hall–Kier alpha value is -0.570. The third-order valence-corrected chi connectivity index (χ3v) is 3.40. The van der Waals surface area contributed by atoms with Crippen LogP contribution in [-0.4, -0.2) is 19.0 Å². The third kappa shape index (κ3) is 5.53. The summed E-state index contributed by atoms with van der Waals surface area (Å²) in [5.74, 6) is 0.166. The van der Waals surface area contributed by atoms with E-state index in [0.29, 0.717) is 6.54 Å². The zero-order chi connectivity index (χ0) is 13.1. The summed E-state index contributed by atoms with van der Waals surface area (Å²) in [5.41, 5.74) is 5.53. The maximum atomic E-state index is 12.2. The molecule has 0 unspecified atom stereocenters. The second-order valence-corrected chi connectivity index (χ2v) is 4.95. The van der Waals surface area contributed by atoms with E-state index >= 15 is 0 Å². The zero-order valence-electron chi connectivity index (χ0n) is 11.8. The minimum absolute atomic E-state index is 0.166. The standard InChI is InChI=1S/C14H30N2O/c1-4-7-8-11-16-13(17)14(12-15,9-5-2)10-6-3/h4-12,15H2,1-3H3,(H,16,17). The van der Waals surface area contributed by atoms with Crippen molar-refractivity contribution in [3.63, 3.8) is 0 Å². The number of nitrogens with one attached hydrogen (secondary N) is 1. The first kappa shape index (κ1) is 16.4. The Bertz CT molecular complexity index is 198. The number of rotatable bonds is 10. The average Bonchev–Trinajstić information content (AvgIpc) is 2.34. The molecule has 0 aliphatic heterocycles. The Morgan fingerprint density at radius 3 is 2.06 bits per heavy atom. The van der Waals surface area contributed by atoms with Gasteiger partial charge in [-0.3, -0.25) is 4.79 Å². The summed E-state index contributed by atoms with van der Waals surface area (Å²) in [6.07, 6.45) is 7.26. The average molecular weight is 242 g/mol. The summed E-state index contributed by atoms with van der Waals surface area (Å²) in [7, 11) is 0. The first-order valence-electron chi connectivity index (χ1n) is 7.15. The second kappa shape index (κ2) is 9.46. The first-order chi connectivity index (χ1) is 8.16. The van der Waals surface area contributed by atoms with Gasteiger partial charge in [0.15, 0.2) is 0 Å². The van der Waals surface area contributed by atoms with Crippen LogP contribution in [0.1, 0.15) is 65.7 Å². The highest BCUT2D eigenvalue weighted by molar-refractivity contribution is 5.82. The van der Waals surface area contributed by atoms with Crippen LogP contribution in [0.25, 0.3) is 0 Å². The van der Waals surface area contributed by atoms with Gasteiger partial charge in [-0.2, -0.15) is 0 Å². The molecule has 0 aliphatic rings. The fourth-order valence-electron chi connectivity index (χ4n) is 2.37. The molecule has 0 aliphatic carbocycles. The monoisotopic (exact) mass is 242 g/mol. The zero-order valence-corrected chi connectivity index (χ0v) is 11.8. The number of amides is 1. The molecule has 1 amide bonds. The van der Waals surface area contributed by atoms with Crippen molar-refractivity contribution in [2.24, 2.45) is 11.1 Å². The smallest absolute Gasteiger partial charge is 0.227 e. The molecule has 0 rings (SSSR count). The van der Waals surface area contributed by atoms with Crippen LogP contribution in [0.3, 0.4) is 0 Å². The number of hydrogen-bond donors (Lipinski definition) is 2. The quantitative estimate of drug-likeness (QED) is 0.579. The number of carbonyl (C=O) groups excluding carboxylic acids is 1. The molecule has 0 fully saturated rings. The maximum Gasteiger partial charge on any atom is 0.227 e. The van der Waals surface area contributed by atoms with Crippen LogP contribution in [-0.2, 0) is 4.79 Å². The largest absolute Gasteiger partial charge is 0.356 e. The van der Waals surface area contributed by atoms with Crippen LogP contribution in [0.2, 0.25) is 0 Å². The lowest BCUT2D eigenvalue weighted by Gasteiger charge is -2.30. The van der Waals surface area contributed by atoms with Gasteiger partial charge in [-0.1, -0.05) is 46.5 Å². The van der Waals surface area contributed by atoms with Crippen LogP contribution < -0.4 is 11.1 Å². The fourth-order valence-corrected chi connectivity index (χ4v) is 2.37. The molecule has 0 radical (unpaired) electrons. The lowest BCUT2D eigenvalue weighted by atomic mass is 9.78. The SMILES string of the molecule is CCCCCNC(=O)C(CN)(CCC)CCC. The molecular formula is C14H30N2O. The van der Waals surface area contributed by atoms with E-state index in [1.54, 1.807) is 0 Å². The molecule has 0 aromatic carbocycles. The summed E-state index contributed by atoms with van der Waals surface area (Å²) < 4.78 is 0. The molecule has 0 bridgehead atoms.